The van der Waals surface area contributed by atoms with Crippen molar-refractivity contribution < 1.29 is 19.5 Å². The Morgan fingerprint density at radius 3 is 2.44 bits per heavy atom. The van der Waals surface area contributed by atoms with Crippen molar-refractivity contribution in [3.63, 3.8) is 0 Å². The highest BCUT2D eigenvalue weighted by molar-refractivity contribution is 6.07. The van der Waals surface area contributed by atoms with Crippen molar-refractivity contribution >= 4 is 28.7 Å². The number of hydrogen-bond donors (Lipinski definition) is 1. The molecule has 1 N–H and O–H groups in total. The van der Waals surface area contributed by atoms with Crippen LogP contribution in [0, 0.1) is 5.92 Å². The van der Waals surface area contributed by atoms with E-state index < -0.39 is 30.0 Å². The molecule has 6 heteroatoms. The van der Waals surface area contributed by atoms with Gasteiger partial charge in [-0.15, -0.1) is 0 Å². The van der Waals surface area contributed by atoms with E-state index >= 15 is 0 Å². The highest BCUT2D eigenvalue weighted by Gasteiger charge is 2.50. The Bertz CT molecular complexity index is 889. The molecular weight excluding hydrogens is 344 g/mol. The maximum Gasteiger partial charge on any atom is 0.328 e. The predicted molar refractivity (Wildman–Crippen MR) is 102 cm³/mol. The minimum absolute atomic E-state index is 0.0672. The number of carboxylic acids is 1. The summed E-state index contributed by atoms with van der Waals surface area (Å²) in [6, 6.07) is 11.4. The molecular formula is C21H24N2O4. The van der Waals surface area contributed by atoms with E-state index in [-0.39, 0.29) is 12.5 Å². The second-order valence-corrected chi connectivity index (χ2v) is 7.10. The van der Waals surface area contributed by atoms with Crippen molar-refractivity contribution in [1.82, 2.24) is 9.80 Å². The fourth-order valence-electron chi connectivity index (χ4n) is 3.65. The summed E-state index contributed by atoms with van der Waals surface area (Å²) >= 11 is 0. The average molecular weight is 368 g/mol. The van der Waals surface area contributed by atoms with Gasteiger partial charge in [-0.2, -0.15) is 0 Å². The third kappa shape index (κ3) is 3.27. The van der Waals surface area contributed by atoms with Crippen LogP contribution in [-0.4, -0.2) is 44.9 Å². The number of carbonyl (C=O) groups is 3. The molecule has 142 valence electrons. The number of nitrogens with zero attached hydrogens (tertiary/aromatic N) is 2. The van der Waals surface area contributed by atoms with Gasteiger partial charge in [0.15, 0.2) is 0 Å². The Balaban J connectivity index is 2.01. The zero-order valence-corrected chi connectivity index (χ0v) is 15.8. The number of carbonyl (C=O) groups excluding carboxylic acids is 2. The normalized spacial score (nSPS) is 19.6. The third-order valence-electron chi connectivity index (χ3n) is 5.43. The number of amides is 3. The molecule has 2 aromatic rings. The van der Waals surface area contributed by atoms with Gasteiger partial charge in [-0.05, 0) is 29.2 Å². The van der Waals surface area contributed by atoms with Crippen LogP contribution in [0.3, 0.4) is 0 Å². The third-order valence-corrected chi connectivity index (χ3v) is 5.43. The van der Waals surface area contributed by atoms with Crippen LogP contribution < -0.4 is 0 Å². The zero-order chi connectivity index (χ0) is 19.7. The molecule has 1 aliphatic heterocycles. The molecule has 0 aliphatic carbocycles. The van der Waals surface area contributed by atoms with Crippen molar-refractivity contribution in [3.05, 3.63) is 48.0 Å². The van der Waals surface area contributed by atoms with Gasteiger partial charge in [0.05, 0.1) is 0 Å². The smallest absolute Gasteiger partial charge is 0.328 e. The van der Waals surface area contributed by atoms with E-state index in [0.717, 1.165) is 21.2 Å². The van der Waals surface area contributed by atoms with Crippen molar-refractivity contribution in [1.29, 1.82) is 0 Å². The number of rotatable bonds is 6. The summed E-state index contributed by atoms with van der Waals surface area (Å²) in [4.78, 5) is 39.7. The molecule has 1 fully saturated rings. The molecule has 0 spiro atoms. The van der Waals surface area contributed by atoms with Crippen molar-refractivity contribution in [2.45, 2.75) is 45.8 Å². The largest absolute Gasteiger partial charge is 0.480 e. The lowest BCUT2D eigenvalue weighted by Gasteiger charge is -2.26. The fraction of sp³-hybridized carbons (Fsp3) is 0.381. The van der Waals surface area contributed by atoms with Gasteiger partial charge in [-0.25, -0.2) is 14.5 Å². The summed E-state index contributed by atoms with van der Waals surface area (Å²) < 4.78 is 0. The van der Waals surface area contributed by atoms with Gasteiger partial charge in [-0.3, -0.25) is 4.79 Å². The van der Waals surface area contributed by atoms with E-state index in [1.807, 2.05) is 56.3 Å². The molecule has 3 atom stereocenters. The van der Waals surface area contributed by atoms with E-state index in [1.54, 1.807) is 0 Å². The fourth-order valence-corrected chi connectivity index (χ4v) is 3.65. The van der Waals surface area contributed by atoms with Crippen LogP contribution in [0.15, 0.2) is 42.5 Å². The van der Waals surface area contributed by atoms with Gasteiger partial charge in [0.25, 0.3) is 5.91 Å². The van der Waals surface area contributed by atoms with Gasteiger partial charge in [0.2, 0.25) is 0 Å². The number of urea groups is 1. The van der Waals surface area contributed by atoms with Crippen molar-refractivity contribution in [2.24, 2.45) is 5.92 Å². The van der Waals surface area contributed by atoms with Gasteiger partial charge in [0.1, 0.15) is 12.1 Å². The Kier molecular flexibility index (Phi) is 5.17. The first kappa shape index (κ1) is 18.9. The Hall–Kier alpha value is -2.89. The maximum absolute atomic E-state index is 13.0. The lowest BCUT2D eigenvalue weighted by Crippen LogP contribution is -2.44. The SMILES string of the molecule is CCC(C)C1C(=O)N(C(C)C(=O)O)C(=O)N1Cc1cccc2ccccc12. The highest BCUT2D eigenvalue weighted by Crippen LogP contribution is 2.30. The van der Waals surface area contributed by atoms with Gasteiger partial charge < -0.3 is 10.0 Å². The summed E-state index contributed by atoms with van der Waals surface area (Å²) in [5, 5.41) is 11.4. The summed E-state index contributed by atoms with van der Waals surface area (Å²) in [5.74, 6) is -1.68. The molecule has 3 rings (SSSR count). The molecule has 0 aromatic heterocycles. The topological polar surface area (TPSA) is 77.9 Å². The number of hydrogen-bond acceptors (Lipinski definition) is 3. The number of benzene rings is 2. The molecule has 3 unspecified atom stereocenters. The molecule has 1 saturated heterocycles. The highest BCUT2D eigenvalue weighted by atomic mass is 16.4. The molecule has 27 heavy (non-hydrogen) atoms. The molecule has 3 amide bonds. The first-order chi connectivity index (χ1) is 12.9. The average Bonchev–Trinajstić information content (AvgIpc) is 2.90. The van der Waals surface area contributed by atoms with Crippen LogP contribution in [0.2, 0.25) is 0 Å². The first-order valence-electron chi connectivity index (χ1n) is 9.20. The van der Waals surface area contributed by atoms with Crippen molar-refractivity contribution in [3.8, 4) is 0 Å². The molecule has 0 radical (unpaired) electrons. The standard InChI is InChI=1S/C21H24N2O4/c1-4-13(2)18-19(24)23(14(3)20(25)26)21(27)22(18)12-16-10-7-9-15-8-5-6-11-17(15)16/h5-11,13-14,18H,4,12H2,1-3H3,(H,25,26). The maximum atomic E-state index is 13.0. The number of imide groups is 1. The van der Waals surface area contributed by atoms with E-state index in [2.05, 4.69) is 0 Å². The monoisotopic (exact) mass is 368 g/mol. The summed E-state index contributed by atoms with van der Waals surface area (Å²) in [7, 11) is 0. The molecule has 1 heterocycles. The molecule has 2 aromatic carbocycles. The van der Waals surface area contributed by atoms with E-state index in [4.69, 9.17) is 0 Å². The van der Waals surface area contributed by atoms with Crippen LogP contribution >= 0.6 is 0 Å². The quantitative estimate of drug-likeness (QED) is 0.792. The van der Waals surface area contributed by atoms with Crippen LogP contribution in [0.5, 0.6) is 0 Å². The van der Waals surface area contributed by atoms with Gasteiger partial charge in [-0.1, -0.05) is 62.7 Å². The Morgan fingerprint density at radius 2 is 1.78 bits per heavy atom. The number of carboxylic acid groups (broad SMARTS) is 1. The molecule has 0 saturated carbocycles. The van der Waals surface area contributed by atoms with E-state index in [0.29, 0.717) is 6.42 Å². The number of aliphatic carboxylic acids is 1. The summed E-state index contributed by atoms with van der Waals surface area (Å²) in [6.45, 7) is 5.51. The lowest BCUT2D eigenvalue weighted by molar-refractivity contribution is -0.146. The van der Waals surface area contributed by atoms with Crippen LogP contribution in [0.25, 0.3) is 10.8 Å². The lowest BCUT2D eigenvalue weighted by atomic mass is 9.96. The summed E-state index contributed by atoms with van der Waals surface area (Å²) in [5.41, 5.74) is 0.937. The second-order valence-electron chi connectivity index (χ2n) is 7.10. The van der Waals surface area contributed by atoms with Gasteiger partial charge in [0, 0.05) is 6.54 Å². The predicted octanol–water partition coefficient (Wildman–Crippen LogP) is 3.49. The molecule has 1 aliphatic rings. The minimum atomic E-state index is -1.19. The molecule has 0 bridgehead atoms. The Morgan fingerprint density at radius 1 is 1.11 bits per heavy atom. The van der Waals surface area contributed by atoms with Crippen LogP contribution in [-0.2, 0) is 16.1 Å². The van der Waals surface area contributed by atoms with Gasteiger partial charge >= 0.3 is 12.0 Å². The zero-order valence-electron chi connectivity index (χ0n) is 15.8. The second kappa shape index (κ2) is 7.39. The van der Waals surface area contributed by atoms with Crippen molar-refractivity contribution in [2.75, 3.05) is 0 Å². The van der Waals surface area contributed by atoms with Crippen LogP contribution in [0.1, 0.15) is 32.8 Å². The first-order valence-corrected chi connectivity index (χ1v) is 9.20. The van der Waals surface area contributed by atoms with E-state index in [9.17, 15) is 19.5 Å². The minimum Gasteiger partial charge on any atom is -0.480 e. The van der Waals surface area contributed by atoms with E-state index in [1.165, 1.54) is 11.8 Å². The Labute approximate surface area is 158 Å². The summed E-state index contributed by atoms with van der Waals surface area (Å²) in [6.07, 6.45) is 0.713. The number of fused-ring (bicyclic) bond motifs is 1. The molecule has 6 nitrogen and oxygen atoms in total. The van der Waals surface area contributed by atoms with Crippen LogP contribution in [0.4, 0.5) is 4.79 Å².